The van der Waals surface area contributed by atoms with E-state index in [1.54, 1.807) is 6.07 Å². The molecule has 0 spiro atoms. The predicted octanol–water partition coefficient (Wildman–Crippen LogP) is 2.12. The molecule has 1 fully saturated rings. The molecule has 0 bridgehead atoms. The number of aliphatic hydroxyl groups is 1. The number of hydrogen-bond acceptors (Lipinski definition) is 5. The molecule has 0 unspecified atom stereocenters. The van der Waals surface area contributed by atoms with E-state index >= 15 is 0 Å². The second-order valence-electron chi connectivity index (χ2n) is 4.86. The van der Waals surface area contributed by atoms with E-state index in [9.17, 15) is 9.90 Å². The van der Waals surface area contributed by atoms with Crippen molar-refractivity contribution in [2.24, 2.45) is 0 Å². The van der Waals surface area contributed by atoms with Crippen molar-refractivity contribution < 1.29 is 9.90 Å². The summed E-state index contributed by atoms with van der Waals surface area (Å²) in [6.45, 7) is 0.445. The van der Waals surface area contributed by atoms with E-state index in [1.165, 1.54) is 11.3 Å². The van der Waals surface area contributed by atoms with Crippen molar-refractivity contribution in [3.05, 3.63) is 34.7 Å². The smallest absolute Gasteiger partial charge is 0.243 e. The third-order valence-electron chi connectivity index (χ3n) is 3.31. The number of aliphatic hydroxyl groups excluding tert-OH is 1. The first kappa shape index (κ1) is 14.5. The molecule has 21 heavy (non-hydrogen) atoms. The Morgan fingerprint density at radius 1 is 1.48 bits per heavy atom. The molecule has 1 saturated heterocycles. The number of halogens is 1. The van der Waals surface area contributed by atoms with E-state index < -0.39 is 6.10 Å². The van der Waals surface area contributed by atoms with Gasteiger partial charge in [-0.15, -0.1) is 11.3 Å². The lowest BCUT2D eigenvalue weighted by molar-refractivity contribution is -0.117. The Kier molecular flexibility index (Phi) is 4.21. The number of nitrogens with zero attached hydrogens (tertiary/aromatic N) is 1. The normalized spacial score (nSPS) is 21.4. The Bertz CT molecular complexity index is 661. The number of β-amino-alcohol motifs (C(OH)–C–C–N with tert-alkyl or cyclic N) is 1. The van der Waals surface area contributed by atoms with Gasteiger partial charge in [0, 0.05) is 22.5 Å². The first-order valence-electron chi connectivity index (χ1n) is 6.56. The molecule has 1 aliphatic rings. The molecule has 0 aliphatic carbocycles. The maximum Gasteiger partial charge on any atom is 0.243 e. The van der Waals surface area contributed by atoms with Gasteiger partial charge in [-0.25, -0.2) is 4.98 Å². The third kappa shape index (κ3) is 3.24. The second kappa shape index (κ2) is 6.11. The molecule has 2 atom stereocenters. The van der Waals surface area contributed by atoms with Gasteiger partial charge < -0.3 is 15.7 Å². The largest absolute Gasteiger partial charge is 0.392 e. The molecule has 2 aromatic rings. The van der Waals surface area contributed by atoms with Gasteiger partial charge in [-0.1, -0.05) is 29.8 Å². The Balaban J connectivity index is 1.71. The number of carbonyl (C=O) groups is 1. The molecule has 2 heterocycles. The Morgan fingerprint density at radius 2 is 2.29 bits per heavy atom. The molecule has 1 aromatic carbocycles. The number of hydrogen-bond donors (Lipinski definition) is 3. The van der Waals surface area contributed by atoms with Crippen molar-refractivity contribution in [1.82, 2.24) is 10.3 Å². The minimum absolute atomic E-state index is 0.174. The van der Waals surface area contributed by atoms with Crippen LogP contribution < -0.4 is 10.6 Å². The summed E-state index contributed by atoms with van der Waals surface area (Å²) in [5.41, 5.74) is 1.57. The fourth-order valence-corrected chi connectivity index (χ4v) is 3.18. The molecule has 0 radical (unpaired) electrons. The Labute approximate surface area is 131 Å². The summed E-state index contributed by atoms with van der Waals surface area (Å²) in [6, 6.07) is 7.07. The number of amides is 1. The fraction of sp³-hybridized carbons (Fsp3) is 0.286. The van der Waals surface area contributed by atoms with Crippen LogP contribution in [-0.4, -0.2) is 34.7 Å². The minimum Gasteiger partial charge on any atom is -0.392 e. The highest BCUT2D eigenvalue weighted by Gasteiger charge is 2.28. The van der Waals surface area contributed by atoms with Gasteiger partial charge in [-0.3, -0.25) is 4.79 Å². The van der Waals surface area contributed by atoms with Crippen LogP contribution in [0.4, 0.5) is 5.13 Å². The zero-order valence-electron chi connectivity index (χ0n) is 11.0. The van der Waals surface area contributed by atoms with Gasteiger partial charge in [-0.2, -0.15) is 0 Å². The predicted molar refractivity (Wildman–Crippen MR) is 83.6 cm³/mol. The van der Waals surface area contributed by atoms with Crippen molar-refractivity contribution in [2.75, 3.05) is 11.9 Å². The van der Waals surface area contributed by atoms with Gasteiger partial charge in [0.2, 0.25) is 5.91 Å². The zero-order valence-corrected chi connectivity index (χ0v) is 12.6. The lowest BCUT2D eigenvalue weighted by Crippen LogP contribution is -2.35. The van der Waals surface area contributed by atoms with Gasteiger partial charge in [0.05, 0.1) is 17.8 Å². The van der Waals surface area contributed by atoms with Crippen LogP contribution in [0.3, 0.4) is 0 Å². The van der Waals surface area contributed by atoms with Crippen LogP contribution in [0.5, 0.6) is 0 Å². The monoisotopic (exact) mass is 323 g/mol. The highest BCUT2D eigenvalue weighted by atomic mass is 35.5. The molecule has 1 aliphatic heterocycles. The summed E-state index contributed by atoms with van der Waals surface area (Å²) in [5, 5.41) is 18.2. The standard InChI is InChI=1S/C14H14ClN3O2S/c15-10-4-2-1-3-9(10)12-7-21-14(17-12)18-13(20)11-5-8(19)6-16-11/h1-4,7-8,11,16,19H,5-6H2,(H,17,18,20)/t8-,11+/m1/s1. The number of anilines is 1. The number of carbonyl (C=O) groups excluding carboxylic acids is 1. The van der Waals surface area contributed by atoms with Crippen LogP contribution >= 0.6 is 22.9 Å². The lowest BCUT2D eigenvalue weighted by atomic mass is 10.2. The van der Waals surface area contributed by atoms with Crippen molar-refractivity contribution >= 4 is 34.0 Å². The molecular weight excluding hydrogens is 310 g/mol. The van der Waals surface area contributed by atoms with Crippen LogP contribution in [0.15, 0.2) is 29.6 Å². The molecule has 110 valence electrons. The van der Waals surface area contributed by atoms with E-state index in [2.05, 4.69) is 15.6 Å². The van der Waals surface area contributed by atoms with E-state index in [0.717, 1.165) is 11.3 Å². The van der Waals surface area contributed by atoms with E-state index in [-0.39, 0.29) is 11.9 Å². The van der Waals surface area contributed by atoms with Crippen LogP contribution in [0.1, 0.15) is 6.42 Å². The van der Waals surface area contributed by atoms with Gasteiger partial charge >= 0.3 is 0 Å². The summed E-state index contributed by atoms with van der Waals surface area (Å²) in [6.07, 6.45) is -0.0371. The number of thiazole rings is 1. The summed E-state index contributed by atoms with van der Waals surface area (Å²) < 4.78 is 0. The molecule has 0 saturated carbocycles. The van der Waals surface area contributed by atoms with Gasteiger partial charge in [0.1, 0.15) is 0 Å². The summed E-state index contributed by atoms with van der Waals surface area (Å²) in [5.74, 6) is -0.174. The number of benzene rings is 1. The van der Waals surface area contributed by atoms with Crippen molar-refractivity contribution in [1.29, 1.82) is 0 Å². The Hall–Kier alpha value is -1.47. The van der Waals surface area contributed by atoms with Crippen LogP contribution in [0, 0.1) is 0 Å². The average Bonchev–Trinajstić information content (AvgIpc) is 3.08. The van der Waals surface area contributed by atoms with E-state index in [4.69, 9.17) is 11.6 Å². The molecule has 1 aromatic heterocycles. The SMILES string of the molecule is O=C(Nc1nc(-c2ccccc2Cl)cs1)[C@@H]1C[C@@H](O)CN1. The van der Waals surface area contributed by atoms with Gasteiger partial charge in [0.25, 0.3) is 0 Å². The van der Waals surface area contributed by atoms with Crippen LogP contribution in [0.25, 0.3) is 11.3 Å². The molecule has 5 nitrogen and oxygen atoms in total. The summed E-state index contributed by atoms with van der Waals surface area (Å²) >= 11 is 7.48. The molecule has 1 amide bonds. The van der Waals surface area contributed by atoms with Gasteiger partial charge in [-0.05, 0) is 12.5 Å². The lowest BCUT2D eigenvalue weighted by Gasteiger charge is -2.08. The first-order valence-corrected chi connectivity index (χ1v) is 7.82. The number of aromatic nitrogens is 1. The van der Waals surface area contributed by atoms with Crippen molar-refractivity contribution in [3.8, 4) is 11.3 Å². The van der Waals surface area contributed by atoms with E-state index in [1.807, 2.05) is 23.6 Å². The van der Waals surface area contributed by atoms with Crippen molar-refractivity contribution in [2.45, 2.75) is 18.6 Å². The quantitative estimate of drug-likeness (QED) is 0.809. The summed E-state index contributed by atoms with van der Waals surface area (Å²) in [7, 11) is 0. The number of rotatable bonds is 3. The number of nitrogens with one attached hydrogen (secondary N) is 2. The Morgan fingerprint density at radius 3 is 3.00 bits per heavy atom. The first-order chi connectivity index (χ1) is 10.1. The third-order valence-corrected chi connectivity index (χ3v) is 4.40. The highest BCUT2D eigenvalue weighted by molar-refractivity contribution is 7.14. The molecule has 7 heteroatoms. The van der Waals surface area contributed by atoms with Crippen LogP contribution in [0.2, 0.25) is 5.02 Å². The highest BCUT2D eigenvalue weighted by Crippen LogP contribution is 2.30. The zero-order chi connectivity index (χ0) is 14.8. The topological polar surface area (TPSA) is 74.2 Å². The average molecular weight is 324 g/mol. The van der Waals surface area contributed by atoms with Crippen LogP contribution in [-0.2, 0) is 4.79 Å². The maximum absolute atomic E-state index is 12.0. The maximum atomic E-state index is 12.0. The fourth-order valence-electron chi connectivity index (χ4n) is 2.23. The van der Waals surface area contributed by atoms with Gasteiger partial charge in [0.15, 0.2) is 5.13 Å². The second-order valence-corrected chi connectivity index (χ2v) is 6.12. The van der Waals surface area contributed by atoms with Crippen molar-refractivity contribution in [3.63, 3.8) is 0 Å². The molecular formula is C14H14ClN3O2S. The molecule has 3 N–H and O–H groups in total. The van der Waals surface area contributed by atoms with E-state index in [0.29, 0.717) is 23.1 Å². The minimum atomic E-state index is -0.462. The molecule has 3 rings (SSSR count). The summed E-state index contributed by atoms with van der Waals surface area (Å²) in [4.78, 5) is 16.4.